The SMILES string of the molecule is C[C@@H]1CCCCO[C@@H](CN(C)CC2CCCCC2)[C@@H](C)CN([C@H](C)CO)C(=O)c2cc(NC(=O)Cc3ccccc3)ccc2O1. The molecule has 2 amide bonds. The van der Waals surface area contributed by atoms with Gasteiger partial charge in [0.05, 0.1) is 36.8 Å². The molecule has 4 rings (SSSR count). The standard InChI is InChI=1S/C37H55N3O5/c1-27-23-40(28(2)26-41)37(43)33-22-32(38-36(42)21-30-14-7-5-8-15-30)18-19-34(33)45-29(3)13-11-12-20-44-35(27)25-39(4)24-31-16-9-6-10-17-31/h5,7-8,14-15,18-19,22,27-29,31,35,41H,6,9-13,16-17,20-21,23-26H2,1-4H3,(H,38,42)/t27-,28+,29+,35-/m0/s1. The predicted octanol–water partition coefficient (Wildman–Crippen LogP) is 6.18. The zero-order valence-electron chi connectivity index (χ0n) is 27.9. The van der Waals surface area contributed by atoms with E-state index in [1.165, 1.54) is 32.1 Å². The van der Waals surface area contributed by atoms with Crippen molar-refractivity contribution in [1.82, 2.24) is 9.80 Å². The maximum absolute atomic E-state index is 14.4. The Hall–Kier alpha value is -2.94. The molecule has 0 bridgehead atoms. The Labute approximate surface area is 270 Å². The van der Waals surface area contributed by atoms with Crippen molar-refractivity contribution in [3.8, 4) is 5.75 Å². The Kier molecular flexibility index (Phi) is 13.7. The summed E-state index contributed by atoms with van der Waals surface area (Å²) in [6.45, 7) is 8.86. The lowest BCUT2D eigenvalue weighted by molar-refractivity contribution is -0.115. The third kappa shape index (κ3) is 10.8. The van der Waals surface area contributed by atoms with Gasteiger partial charge in [-0.05, 0) is 82.7 Å². The van der Waals surface area contributed by atoms with Crippen LogP contribution in [0.1, 0.15) is 88.1 Å². The number of ether oxygens (including phenoxy) is 2. The van der Waals surface area contributed by atoms with Crippen molar-refractivity contribution in [1.29, 1.82) is 0 Å². The molecule has 1 aliphatic heterocycles. The van der Waals surface area contributed by atoms with Crippen LogP contribution in [0.25, 0.3) is 0 Å². The highest BCUT2D eigenvalue weighted by Gasteiger charge is 2.31. The van der Waals surface area contributed by atoms with Crippen molar-refractivity contribution in [2.45, 2.75) is 96.8 Å². The van der Waals surface area contributed by atoms with Gasteiger partial charge in [0.25, 0.3) is 5.91 Å². The molecule has 0 spiro atoms. The van der Waals surface area contributed by atoms with Gasteiger partial charge in [-0.1, -0.05) is 56.5 Å². The minimum atomic E-state index is -0.407. The van der Waals surface area contributed by atoms with Crippen LogP contribution in [0, 0.1) is 11.8 Å². The van der Waals surface area contributed by atoms with Crippen LogP contribution in [0.15, 0.2) is 48.5 Å². The summed E-state index contributed by atoms with van der Waals surface area (Å²) in [5, 5.41) is 13.2. The Bertz CT molecular complexity index is 1200. The summed E-state index contributed by atoms with van der Waals surface area (Å²) in [5.41, 5.74) is 1.84. The fraction of sp³-hybridized carbons (Fsp3) is 0.622. The number of hydrogen-bond donors (Lipinski definition) is 2. The number of fused-ring (bicyclic) bond motifs is 1. The second-order valence-corrected chi connectivity index (χ2v) is 13.4. The van der Waals surface area contributed by atoms with E-state index in [1.54, 1.807) is 23.1 Å². The van der Waals surface area contributed by atoms with Gasteiger partial charge in [-0.3, -0.25) is 9.59 Å². The van der Waals surface area contributed by atoms with Crippen LogP contribution in [0.5, 0.6) is 5.75 Å². The van der Waals surface area contributed by atoms with Gasteiger partial charge in [-0.2, -0.15) is 0 Å². The summed E-state index contributed by atoms with van der Waals surface area (Å²) in [6, 6.07) is 14.5. The smallest absolute Gasteiger partial charge is 0.258 e. The molecule has 1 heterocycles. The minimum Gasteiger partial charge on any atom is -0.490 e. The number of likely N-dealkylation sites (N-methyl/N-ethyl adjacent to an activating group) is 1. The second kappa shape index (κ2) is 17.7. The summed E-state index contributed by atoms with van der Waals surface area (Å²) in [7, 11) is 2.19. The molecule has 4 atom stereocenters. The molecule has 2 aromatic rings. The van der Waals surface area contributed by atoms with Crippen LogP contribution < -0.4 is 10.1 Å². The van der Waals surface area contributed by atoms with Gasteiger partial charge in [0.1, 0.15) is 5.75 Å². The van der Waals surface area contributed by atoms with Crippen LogP contribution in [0.3, 0.4) is 0 Å². The summed E-state index contributed by atoms with van der Waals surface area (Å²) >= 11 is 0. The Balaban J connectivity index is 1.56. The van der Waals surface area contributed by atoms with E-state index in [2.05, 4.69) is 24.2 Å². The first-order valence-corrected chi connectivity index (χ1v) is 17.1. The van der Waals surface area contributed by atoms with E-state index in [4.69, 9.17) is 9.47 Å². The van der Waals surface area contributed by atoms with Crippen molar-refractivity contribution in [3.05, 3.63) is 59.7 Å². The maximum atomic E-state index is 14.4. The number of benzene rings is 2. The van der Waals surface area contributed by atoms with Gasteiger partial charge in [0, 0.05) is 37.8 Å². The number of nitrogens with one attached hydrogen (secondary N) is 1. The largest absolute Gasteiger partial charge is 0.490 e. The molecular weight excluding hydrogens is 566 g/mol. The van der Waals surface area contributed by atoms with E-state index >= 15 is 0 Å². The van der Waals surface area contributed by atoms with E-state index in [0.29, 0.717) is 30.2 Å². The molecular formula is C37H55N3O5. The number of carbonyl (C=O) groups excluding carboxylic acids is 2. The fourth-order valence-corrected chi connectivity index (χ4v) is 6.64. The van der Waals surface area contributed by atoms with Crippen molar-refractivity contribution in [2.75, 3.05) is 45.2 Å². The lowest BCUT2D eigenvalue weighted by Crippen LogP contribution is -2.47. The molecule has 8 heteroatoms. The molecule has 2 aliphatic rings. The molecule has 8 nitrogen and oxygen atoms in total. The maximum Gasteiger partial charge on any atom is 0.258 e. The number of aliphatic hydroxyl groups excluding tert-OH is 1. The van der Waals surface area contributed by atoms with Gasteiger partial charge in [-0.15, -0.1) is 0 Å². The highest BCUT2D eigenvalue weighted by molar-refractivity contribution is 6.00. The summed E-state index contributed by atoms with van der Waals surface area (Å²) in [4.78, 5) is 31.4. The van der Waals surface area contributed by atoms with Crippen molar-refractivity contribution >= 4 is 17.5 Å². The zero-order valence-corrected chi connectivity index (χ0v) is 27.9. The van der Waals surface area contributed by atoms with Gasteiger partial charge >= 0.3 is 0 Å². The van der Waals surface area contributed by atoms with E-state index in [9.17, 15) is 14.7 Å². The van der Waals surface area contributed by atoms with Crippen molar-refractivity contribution < 1.29 is 24.2 Å². The van der Waals surface area contributed by atoms with E-state index in [1.807, 2.05) is 44.2 Å². The third-order valence-electron chi connectivity index (χ3n) is 9.33. The van der Waals surface area contributed by atoms with E-state index in [0.717, 1.165) is 43.8 Å². The van der Waals surface area contributed by atoms with E-state index in [-0.39, 0.29) is 43.0 Å². The first-order chi connectivity index (χ1) is 21.7. The minimum absolute atomic E-state index is 0.0387. The second-order valence-electron chi connectivity index (χ2n) is 13.4. The number of aliphatic hydroxyl groups is 1. The molecule has 2 aromatic carbocycles. The van der Waals surface area contributed by atoms with Gasteiger partial charge in [0.15, 0.2) is 0 Å². The number of rotatable bonds is 9. The number of anilines is 1. The molecule has 0 aromatic heterocycles. The zero-order chi connectivity index (χ0) is 32.2. The molecule has 0 unspecified atom stereocenters. The van der Waals surface area contributed by atoms with E-state index < -0.39 is 6.04 Å². The van der Waals surface area contributed by atoms with Crippen LogP contribution in [-0.2, 0) is 16.0 Å². The Morgan fingerprint density at radius 1 is 1.02 bits per heavy atom. The highest BCUT2D eigenvalue weighted by Crippen LogP contribution is 2.29. The molecule has 1 fully saturated rings. The quantitative estimate of drug-likeness (QED) is 0.348. The molecule has 248 valence electrons. The first kappa shape index (κ1) is 34.9. The first-order valence-electron chi connectivity index (χ1n) is 17.1. The van der Waals surface area contributed by atoms with Crippen molar-refractivity contribution in [3.63, 3.8) is 0 Å². The van der Waals surface area contributed by atoms with Crippen molar-refractivity contribution in [2.24, 2.45) is 11.8 Å². The normalized spacial score (nSPS) is 23.1. The van der Waals surface area contributed by atoms with Crippen LogP contribution in [0.4, 0.5) is 5.69 Å². The monoisotopic (exact) mass is 621 g/mol. The van der Waals surface area contributed by atoms with Crippen LogP contribution >= 0.6 is 0 Å². The average molecular weight is 622 g/mol. The number of carbonyl (C=O) groups is 2. The lowest BCUT2D eigenvalue weighted by Gasteiger charge is -2.36. The summed E-state index contributed by atoms with van der Waals surface area (Å²) in [6.07, 6.45) is 9.45. The molecule has 1 aliphatic carbocycles. The molecule has 0 saturated heterocycles. The summed E-state index contributed by atoms with van der Waals surface area (Å²) in [5.74, 6) is 0.891. The topological polar surface area (TPSA) is 91.3 Å². The molecule has 1 saturated carbocycles. The average Bonchev–Trinajstić information content (AvgIpc) is 3.03. The number of nitrogens with zero attached hydrogens (tertiary/aromatic N) is 2. The molecule has 2 N–H and O–H groups in total. The molecule has 0 radical (unpaired) electrons. The van der Waals surface area contributed by atoms with Crippen LogP contribution in [0.2, 0.25) is 0 Å². The Morgan fingerprint density at radius 2 is 1.76 bits per heavy atom. The van der Waals surface area contributed by atoms with Gasteiger partial charge in [-0.25, -0.2) is 0 Å². The fourth-order valence-electron chi connectivity index (χ4n) is 6.64. The highest BCUT2D eigenvalue weighted by atomic mass is 16.5. The number of hydrogen-bond acceptors (Lipinski definition) is 6. The third-order valence-corrected chi connectivity index (χ3v) is 9.33. The summed E-state index contributed by atoms with van der Waals surface area (Å²) < 4.78 is 12.9. The number of amides is 2. The lowest BCUT2D eigenvalue weighted by atomic mass is 9.89. The van der Waals surface area contributed by atoms with Gasteiger partial charge in [0.2, 0.25) is 5.91 Å². The van der Waals surface area contributed by atoms with Crippen LogP contribution in [-0.4, -0.2) is 84.9 Å². The Morgan fingerprint density at radius 3 is 2.49 bits per heavy atom. The van der Waals surface area contributed by atoms with Gasteiger partial charge < -0.3 is 29.7 Å². The molecule has 45 heavy (non-hydrogen) atoms. The predicted molar refractivity (Wildman–Crippen MR) is 180 cm³/mol.